The van der Waals surface area contributed by atoms with E-state index in [1.165, 1.54) is 0 Å². The predicted octanol–water partition coefficient (Wildman–Crippen LogP) is 1.83. The molecule has 0 saturated heterocycles. The van der Waals surface area contributed by atoms with Crippen LogP contribution in [0.2, 0.25) is 5.02 Å². The number of nitrogen functional groups attached to an aromatic ring is 1. The summed E-state index contributed by atoms with van der Waals surface area (Å²) in [4.78, 5) is 13.0. The molecule has 74 valence electrons. The molecule has 1 heterocycles. The van der Waals surface area contributed by atoms with E-state index in [2.05, 4.69) is 0 Å². The first-order chi connectivity index (χ1) is 6.59. The van der Waals surface area contributed by atoms with Gasteiger partial charge in [0.05, 0.1) is 10.7 Å². The molecule has 0 atom stereocenters. The molecule has 0 unspecified atom stereocenters. The Hall–Kier alpha value is -1.22. The van der Waals surface area contributed by atoms with Gasteiger partial charge < -0.3 is 10.6 Å². The average molecular weight is 211 g/mol. The van der Waals surface area contributed by atoms with Crippen LogP contribution < -0.4 is 10.6 Å². The number of nitrogens with two attached hydrogens (primary N) is 1. The van der Waals surface area contributed by atoms with Crippen molar-refractivity contribution in [1.82, 2.24) is 0 Å². The molecule has 4 heteroatoms. The summed E-state index contributed by atoms with van der Waals surface area (Å²) in [6.45, 7) is 2.28. The Morgan fingerprint density at radius 1 is 1.57 bits per heavy atom. The number of amides is 1. The topological polar surface area (TPSA) is 46.3 Å². The maximum Gasteiger partial charge on any atom is 0.223 e. The lowest BCUT2D eigenvalue weighted by molar-refractivity contribution is -0.116. The van der Waals surface area contributed by atoms with Gasteiger partial charge in [-0.15, -0.1) is 0 Å². The molecular weight excluding hydrogens is 200 g/mol. The third-order valence-corrected chi connectivity index (χ3v) is 2.80. The first-order valence-electron chi connectivity index (χ1n) is 4.45. The summed E-state index contributed by atoms with van der Waals surface area (Å²) in [5, 5.41) is 0.511. The maximum atomic E-state index is 11.3. The SMILES string of the molecule is CC(=O)N1CCc2cc(N)c(Cl)cc21. The van der Waals surface area contributed by atoms with Crippen LogP contribution in [0.4, 0.5) is 11.4 Å². The smallest absolute Gasteiger partial charge is 0.223 e. The van der Waals surface area contributed by atoms with Crippen LogP contribution in [0.5, 0.6) is 0 Å². The number of rotatable bonds is 0. The Labute approximate surface area is 87.4 Å². The molecule has 2 N–H and O–H groups in total. The zero-order valence-electron chi connectivity index (χ0n) is 7.88. The number of halogens is 1. The molecule has 0 aliphatic carbocycles. The van der Waals surface area contributed by atoms with Crippen molar-refractivity contribution >= 4 is 28.9 Å². The average Bonchev–Trinajstić information content (AvgIpc) is 2.48. The lowest BCUT2D eigenvalue weighted by Gasteiger charge is -2.15. The largest absolute Gasteiger partial charge is 0.398 e. The second-order valence-corrected chi connectivity index (χ2v) is 3.83. The molecule has 0 aromatic heterocycles. The van der Waals surface area contributed by atoms with E-state index in [0.717, 1.165) is 24.2 Å². The lowest BCUT2D eigenvalue weighted by atomic mass is 10.1. The van der Waals surface area contributed by atoms with E-state index in [-0.39, 0.29) is 5.91 Å². The van der Waals surface area contributed by atoms with Crippen molar-refractivity contribution < 1.29 is 4.79 Å². The Morgan fingerprint density at radius 2 is 2.29 bits per heavy atom. The number of fused-ring (bicyclic) bond motifs is 1. The van der Waals surface area contributed by atoms with Crippen LogP contribution in [0.1, 0.15) is 12.5 Å². The number of carbonyl (C=O) groups excluding carboxylic acids is 1. The van der Waals surface area contributed by atoms with Crippen molar-refractivity contribution in [2.45, 2.75) is 13.3 Å². The van der Waals surface area contributed by atoms with E-state index in [1.54, 1.807) is 17.9 Å². The highest BCUT2D eigenvalue weighted by atomic mass is 35.5. The number of carbonyl (C=O) groups is 1. The molecule has 0 fully saturated rings. The van der Waals surface area contributed by atoms with Gasteiger partial charge in [0.1, 0.15) is 0 Å². The highest BCUT2D eigenvalue weighted by molar-refractivity contribution is 6.33. The van der Waals surface area contributed by atoms with E-state index >= 15 is 0 Å². The van der Waals surface area contributed by atoms with Gasteiger partial charge in [0, 0.05) is 19.2 Å². The minimum atomic E-state index is 0.0459. The number of anilines is 2. The first-order valence-corrected chi connectivity index (χ1v) is 4.83. The van der Waals surface area contributed by atoms with Crippen molar-refractivity contribution in [3.8, 4) is 0 Å². The van der Waals surface area contributed by atoms with Crippen LogP contribution in [-0.2, 0) is 11.2 Å². The summed E-state index contributed by atoms with van der Waals surface area (Å²) < 4.78 is 0. The van der Waals surface area contributed by atoms with Gasteiger partial charge in [-0.2, -0.15) is 0 Å². The summed E-state index contributed by atoms with van der Waals surface area (Å²) in [6.07, 6.45) is 0.857. The monoisotopic (exact) mass is 210 g/mol. The molecule has 14 heavy (non-hydrogen) atoms. The minimum Gasteiger partial charge on any atom is -0.398 e. The molecule has 1 aromatic carbocycles. The standard InChI is InChI=1S/C10H11ClN2O/c1-6(14)13-3-2-7-4-9(12)8(11)5-10(7)13/h4-5H,2-3,12H2,1H3. The number of nitrogens with zero attached hydrogens (tertiary/aromatic N) is 1. The van der Waals surface area contributed by atoms with Gasteiger partial charge in [-0.05, 0) is 24.1 Å². The van der Waals surface area contributed by atoms with Gasteiger partial charge in [0.2, 0.25) is 5.91 Å². The van der Waals surface area contributed by atoms with E-state index in [4.69, 9.17) is 17.3 Å². The van der Waals surface area contributed by atoms with Gasteiger partial charge in [-0.3, -0.25) is 4.79 Å². The highest BCUT2D eigenvalue weighted by Gasteiger charge is 2.22. The molecule has 3 nitrogen and oxygen atoms in total. The Morgan fingerprint density at radius 3 is 2.93 bits per heavy atom. The fourth-order valence-electron chi connectivity index (χ4n) is 1.76. The normalized spacial score (nSPS) is 14.3. The summed E-state index contributed by atoms with van der Waals surface area (Å²) >= 11 is 5.90. The molecule has 1 aliphatic rings. The first kappa shape index (κ1) is 9.34. The van der Waals surface area contributed by atoms with Crippen LogP contribution in [0.15, 0.2) is 12.1 Å². The van der Waals surface area contributed by atoms with Crippen LogP contribution >= 0.6 is 11.6 Å². The summed E-state index contributed by atoms with van der Waals surface area (Å²) in [7, 11) is 0. The van der Waals surface area contributed by atoms with Crippen LogP contribution in [0.25, 0.3) is 0 Å². The minimum absolute atomic E-state index is 0.0459. The number of benzene rings is 1. The molecule has 0 saturated carbocycles. The second-order valence-electron chi connectivity index (χ2n) is 3.42. The fourth-order valence-corrected chi connectivity index (χ4v) is 1.92. The second kappa shape index (κ2) is 3.17. The van der Waals surface area contributed by atoms with Crippen LogP contribution in [0.3, 0.4) is 0 Å². The molecule has 0 bridgehead atoms. The Balaban J connectivity index is 2.50. The summed E-state index contributed by atoms with van der Waals surface area (Å²) in [5.41, 5.74) is 8.26. The molecule has 0 radical (unpaired) electrons. The molecule has 0 spiro atoms. The zero-order chi connectivity index (χ0) is 10.3. The van der Waals surface area contributed by atoms with Gasteiger partial charge in [0.25, 0.3) is 0 Å². The predicted molar refractivity (Wildman–Crippen MR) is 57.6 cm³/mol. The van der Waals surface area contributed by atoms with E-state index in [9.17, 15) is 4.79 Å². The Kier molecular flexibility index (Phi) is 2.11. The van der Waals surface area contributed by atoms with Crippen molar-refractivity contribution in [3.05, 3.63) is 22.7 Å². The zero-order valence-corrected chi connectivity index (χ0v) is 8.64. The van der Waals surface area contributed by atoms with E-state index in [0.29, 0.717) is 10.7 Å². The van der Waals surface area contributed by atoms with Gasteiger partial charge in [-0.25, -0.2) is 0 Å². The quantitative estimate of drug-likeness (QED) is 0.665. The Bertz CT molecular complexity index is 403. The third-order valence-electron chi connectivity index (χ3n) is 2.47. The van der Waals surface area contributed by atoms with E-state index in [1.807, 2.05) is 6.07 Å². The molecule has 1 aliphatic heterocycles. The van der Waals surface area contributed by atoms with Gasteiger partial charge in [0.15, 0.2) is 0 Å². The lowest BCUT2D eigenvalue weighted by Crippen LogP contribution is -2.25. The summed E-state index contributed by atoms with van der Waals surface area (Å²) in [6, 6.07) is 3.61. The van der Waals surface area contributed by atoms with E-state index < -0.39 is 0 Å². The molecule has 1 amide bonds. The van der Waals surface area contributed by atoms with Crippen molar-refractivity contribution in [2.75, 3.05) is 17.2 Å². The fraction of sp³-hybridized carbons (Fsp3) is 0.300. The van der Waals surface area contributed by atoms with Gasteiger partial charge >= 0.3 is 0 Å². The summed E-state index contributed by atoms with van der Waals surface area (Å²) in [5.74, 6) is 0.0459. The van der Waals surface area contributed by atoms with Crippen LogP contribution in [0, 0.1) is 0 Å². The third kappa shape index (κ3) is 1.34. The van der Waals surface area contributed by atoms with Crippen molar-refractivity contribution in [2.24, 2.45) is 0 Å². The molecule has 2 rings (SSSR count). The van der Waals surface area contributed by atoms with Crippen molar-refractivity contribution in [1.29, 1.82) is 0 Å². The highest BCUT2D eigenvalue weighted by Crippen LogP contribution is 2.34. The van der Waals surface area contributed by atoms with Crippen LogP contribution in [-0.4, -0.2) is 12.5 Å². The van der Waals surface area contributed by atoms with Crippen molar-refractivity contribution in [3.63, 3.8) is 0 Å². The van der Waals surface area contributed by atoms with Gasteiger partial charge in [-0.1, -0.05) is 11.6 Å². The molecular formula is C10H11ClN2O. The number of hydrogen-bond donors (Lipinski definition) is 1. The molecule has 1 aromatic rings. The maximum absolute atomic E-state index is 11.3. The number of hydrogen-bond acceptors (Lipinski definition) is 2.